The van der Waals surface area contributed by atoms with Crippen molar-refractivity contribution in [3.8, 4) is 0 Å². The van der Waals surface area contributed by atoms with Crippen LogP contribution in [0.15, 0.2) is 22.7 Å². The van der Waals surface area contributed by atoms with Crippen LogP contribution in [-0.2, 0) is 0 Å². The highest BCUT2D eigenvalue weighted by Crippen LogP contribution is 2.43. The molecule has 3 rings (SSSR count). The lowest BCUT2D eigenvalue weighted by atomic mass is 9.71. The fraction of sp³-hybridized carbons (Fsp3) is 0.625. The Labute approximate surface area is 139 Å². The minimum atomic E-state index is -0.349. The molecule has 2 heterocycles. The molecule has 2 aliphatic rings. The van der Waals surface area contributed by atoms with Crippen molar-refractivity contribution in [1.82, 2.24) is 4.90 Å². The van der Waals surface area contributed by atoms with Crippen molar-refractivity contribution in [3.05, 3.63) is 32.8 Å². The molecule has 1 aromatic carbocycles. The number of hydrogen-bond donors (Lipinski definition) is 0. The summed E-state index contributed by atoms with van der Waals surface area (Å²) in [6.07, 6.45) is 5.06. The smallest absolute Gasteiger partial charge is 0.270 e. The molecule has 0 bridgehead atoms. The summed E-state index contributed by atoms with van der Waals surface area (Å²) in [4.78, 5) is 15.3. The Morgan fingerprint density at radius 2 is 1.73 bits per heavy atom. The van der Waals surface area contributed by atoms with Crippen molar-refractivity contribution in [3.63, 3.8) is 0 Å². The van der Waals surface area contributed by atoms with E-state index in [2.05, 4.69) is 32.8 Å². The van der Waals surface area contributed by atoms with Gasteiger partial charge >= 0.3 is 0 Å². The molecule has 0 unspecified atom stereocenters. The predicted octanol–water partition coefficient (Wildman–Crippen LogP) is 3.67. The summed E-state index contributed by atoms with van der Waals surface area (Å²) in [5, 5.41) is 10.8. The summed E-state index contributed by atoms with van der Waals surface area (Å²) in [6.45, 7) is 4.50. The number of nitrogens with zero attached hydrogens (tertiary/aromatic N) is 3. The van der Waals surface area contributed by atoms with Gasteiger partial charge in [-0.2, -0.15) is 0 Å². The number of piperidine rings is 2. The third-order valence-electron chi connectivity index (χ3n) is 5.35. The van der Waals surface area contributed by atoms with E-state index in [0.717, 1.165) is 23.2 Å². The van der Waals surface area contributed by atoms with Gasteiger partial charge in [0.05, 0.1) is 10.6 Å². The summed E-state index contributed by atoms with van der Waals surface area (Å²) in [6, 6.07) is 5.07. The molecule has 1 spiro atoms. The van der Waals surface area contributed by atoms with Crippen LogP contribution < -0.4 is 4.90 Å². The van der Waals surface area contributed by atoms with Crippen molar-refractivity contribution < 1.29 is 4.92 Å². The van der Waals surface area contributed by atoms with Gasteiger partial charge in [0.1, 0.15) is 0 Å². The van der Waals surface area contributed by atoms with Gasteiger partial charge in [0.2, 0.25) is 0 Å². The second kappa shape index (κ2) is 6.16. The number of benzene rings is 1. The highest BCUT2D eigenvalue weighted by molar-refractivity contribution is 9.10. The van der Waals surface area contributed by atoms with Crippen molar-refractivity contribution in [2.75, 3.05) is 38.1 Å². The summed E-state index contributed by atoms with van der Waals surface area (Å²) >= 11 is 3.49. The van der Waals surface area contributed by atoms with E-state index in [1.165, 1.54) is 38.8 Å². The number of anilines is 1. The molecule has 2 saturated heterocycles. The van der Waals surface area contributed by atoms with Gasteiger partial charge in [0.15, 0.2) is 0 Å². The molecule has 6 heteroatoms. The van der Waals surface area contributed by atoms with E-state index in [-0.39, 0.29) is 10.6 Å². The molecule has 0 N–H and O–H groups in total. The van der Waals surface area contributed by atoms with Gasteiger partial charge < -0.3 is 9.80 Å². The maximum Gasteiger partial charge on any atom is 0.270 e. The molecule has 1 aromatic rings. The van der Waals surface area contributed by atoms with Crippen LogP contribution in [0.5, 0.6) is 0 Å². The molecular weight excluding hydrogens is 346 g/mol. The minimum absolute atomic E-state index is 0.138. The normalized spacial score (nSPS) is 22.0. The number of non-ortho nitro benzene ring substituents is 1. The molecule has 0 aliphatic carbocycles. The lowest BCUT2D eigenvalue weighted by Crippen LogP contribution is -2.46. The molecule has 0 amide bonds. The number of nitro groups is 1. The van der Waals surface area contributed by atoms with E-state index < -0.39 is 0 Å². The second-order valence-electron chi connectivity index (χ2n) is 6.68. The first-order valence-corrected chi connectivity index (χ1v) is 8.66. The Morgan fingerprint density at radius 1 is 1.14 bits per heavy atom. The van der Waals surface area contributed by atoms with Crippen LogP contribution in [0.4, 0.5) is 11.4 Å². The molecule has 0 saturated carbocycles. The number of halogens is 1. The molecular formula is C16H22BrN3O2. The third kappa shape index (κ3) is 3.13. The largest absolute Gasteiger partial charge is 0.371 e. The Balaban J connectivity index is 1.68. The average molecular weight is 368 g/mol. The highest BCUT2D eigenvalue weighted by atomic mass is 79.9. The van der Waals surface area contributed by atoms with Crippen LogP contribution in [0.25, 0.3) is 0 Å². The molecule has 2 aliphatic heterocycles. The average Bonchev–Trinajstić information content (AvgIpc) is 2.51. The lowest BCUT2D eigenvalue weighted by molar-refractivity contribution is -0.384. The van der Waals surface area contributed by atoms with Gasteiger partial charge in [-0.15, -0.1) is 0 Å². The lowest BCUT2D eigenvalue weighted by Gasteiger charge is -2.47. The van der Waals surface area contributed by atoms with Crippen molar-refractivity contribution in [1.29, 1.82) is 0 Å². The molecule has 120 valence electrons. The number of rotatable bonds is 2. The van der Waals surface area contributed by atoms with E-state index in [9.17, 15) is 10.1 Å². The maximum atomic E-state index is 10.8. The van der Waals surface area contributed by atoms with Gasteiger partial charge in [-0.1, -0.05) is 0 Å². The van der Waals surface area contributed by atoms with Gasteiger partial charge in [-0.3, -0.25) is 10.1 Å². The molecule has 22 heavy (non-hydrogen) atoms. The standard InChI is InChI=1S/C16H22BrN3O2/c1-18-8-4-16(5-9-18)6-10-19(11-7-16)15-3-2-13(20(21)22)12-14(15)17/h2-3,12H,4-11H2,1H3. The molecule has 2 fully saturated rings. The zero-order valence-corrected chi connectivity index (χ0v) is 14.5. The summed E-state index contributed by atoms with van der Waals surface area (Å²) in [5.74, 6) is 0. The number of nitro benzene ring substituents is 1. The summed E-state index contributed by atoms with van der Waals surface area (Å²) < 4.78 is 0.820. The van der Waals surface area contributed by atoms with Gasteiger partial charge in [0.25, 0.3) is 5.69 Å². The van der Waals surface area contributed by atoms with Crippen molar-refractivity contribution >= 4 is 27.3 Å². The minimum Gasteiger partial charge on any atom is -0.371 e. The van der Waals surface area contributed by atoms with E-state index in [0.29, 0.717) is 5.41 Å². The maximum absolute atomic E-state index is 10.8. The van der Waals surface area contributed by atoms with Crippen molar-refractivity contribution in [2.24, 2.45) is 5.41 Å². The number of likely N-dealkylation sites (tertiary alicyclic amines) is 1. The Morgan fingerprint density at radius 3 is 2.27 bits per heavy atom. The second-order valence-corrected chi connectivity index (χ2v) is 7.54. The number of hydrogen-bond acceptors (Lipinski definition) is 4. The van der Waals surface area contributed by atoms with Crippen LogP contribution in [-0.4, -0.2) is 43.0 Å². The Kier molecular flexibility index (Phi) is 4.41. The van der Waals surface area contributed by atoms with Gasteiger partial charge in [0, 0.05) is 29.7 Å². The Hall–Kier alpha value is -1.14. The zero-order valence-electron chi connectivity index (χ0n) is 12.9. The zero-order chi connectivity index (χ0) is 15.7. The molecule has 0 atom stereocenters. The van der Waals surface area contributed by atoms with E-state index >= 15 is 0 Å². The molecule has 0 radical (unpaired) electrons. The molecule has 0 aromatic heterocycles. The first-order valence-electron chi connectivity index (χ1n) is 7.87. The van der Waals surface area contributed by atoms with E-state index in [1.54, 1.807) is 12.1 Å². The monoisotopic (exact) mass is 367 g/mol. The van der Waals surface area contributed by atoms with Crippen LogP contribution >= 0.6 is 15.9 Å². The highest BCUT2D eigenvalue weighted by Gasteiger charge is 2.37. The van der Waals surface area contributed by atoms with Gasteiger partial charge in [-0.25, -0.2) is 0 Å². The first kappa shape index (κ1) is 15.7. The fourth-order valence-corrected chi connectivity index (χ4v) is 4.30. The quantitative estimate of drug-likeness (QED) is 0.590. The van der Waals surface area contributed by atoms with Gasteiger partial charge in [-0.05, 0) is 73.2 Å². The SMILES string of the molecule is CN1CCC2(CC1)CCN(c1ccc([N+](=O)[O-])cc1Br)CC2. The summed E-state index contributed by atoms with van der Waals surface area (Å²) in [5.41, 5.74) is 1.74. The van der Waals surface area contributed by atoms with Crippen LogP contribution in [0.1, 0.15) is 25.7 Å². The summed E-state index contributed by atoms with van der Waals surface area (Å²) in [7, 11) is 2.20. The molecule has 5 nitrogen and oxygen atoms in total. The third-order valence-corrected chi connectivity index (χ3v) is 5.99. The van der Waals surface area contributed by atoms with Crippen molar-refractivity contribution in [2.45, 2.75) is 25.7 Å². The van der Waals surface area contributed by atoms with Crippen LogP contribution in [0, 0.1) is 15.5 Å². The predicted molar refractivity (Wildman–Crippen MR) is 91.4 cm³/mol. The van der Waals surface area contributed by atoms with Crippen LogP contribution in [0.3, 0.4) is 0 Å². The van der Waals surface area contributed by atoms with E-state index in [1.807, 2.05) is 6.07 Å². The first-order chi connectivity index (χ1) is 10.5. The van der Waals surface area contributed by atoms with Crippen LogP contribution in [0.2, 0.25) is 0 Å². The Bertz CT molecular complexity index is 561. The van der Waals surface area contributed by atoms with E-state index in [4.69, 9.17) is 0 Å². The fourth-order valence-electron chi connectivity index (χ4n) is 3.68. The topological polar surface area (TPSA) is 49.6 Å².